The van der Waals surface area contributed by atoms with E-state index in [0.29, 0.717) is 18.7 Å². The van der Waals surface area contributed by atoms with Crippen LogP contribution >= 0.6 is 0 Å². The van der Waals surface area contributed by atoms with Crippen molar-refractivity contribution >= 4 is 11.8 Å². The first-order chi connectivity index (χ1) is 12.0. The molecule has 2 N–H and O–H groups in total. The van der Waals surface area contributed by atoms with Gasteiger partial charge in [0.05, 0.1) is 12.1 Å². The Labute approximate surface area is 146 Å². The molecule has 1 aromatic rings. The molecule has 0 aromatic heterocycles. The van der Waals surface area contributed by atoms with E-state index in [1.54, 1.807) is 0 Å². The lowest BCUT2D eigenvalue weighted by Crippen LogP contribution is -2.40. The molecule has 0 spiro atoms. The number of likely N-dealkylation sites (tertiary alicyclic amines) is 1. The Bertz CT molecular complexity index is 610. The highest BCUT2D eigenvalue weighted by Crippen LogP contribution is 2.16. The van der Waals surface area contributed by atoms with E-state index in [9.17, 15) is 18.4 Å². The molecule has 1 atom stereocenters. The number of halogens is 2. The summed E-state index contributed by atoms with van der Waals surface area (Å²) >= 11 is 0. The number of piperidine rings is 1. The third-order valence-electron chi connectivity index (χ3n) is 4.47. The molecule has 0 bridgehead atoms. The van der Waals surface area contributed by atoms with Crippen LogP contribution in [0.2, 0.25) is 0 Å². The SMILES string of the molecule is CC1CCCCN1CCCNC(=O)CNC(=O)c1ccc(F)cc1F. The lowest BCUT2D eigenvalue weighted by atomic mass is 10.0. The number of benzene rings is 1. The van der Waals surface area contributed by atoms with Crippen LogP contribution in [0.5, 0.6) is 0 Å². The summed E-state index contributed by atoms with van der Waals surface area (Å²) in [5.41, 5.74) is -0.284. The minimum Gasteiger partial charge on any atom is -0.355 e. The Morgan fingerprint density at radius 2 is 2.04 bits per heavy atom. The number of rotatable bonds is 7. The van der Waals surface area contributed by atoms with Gasteiger partial charge in [0.25, 0.3) is 5.91 Å². The summed E-state index contributed by atoms with van der Waals surface area (Å²) in [5, 5.41) is 5.07. The van der Waals surface area contributed by atoms with Gasteiger partial charge in [-0.15, -0.1) is 0 Å². The van der Waals surface area contributed by atoms with Crippen LogP contribution in [0.1, 0.15) is 43.0 Å². The molecular weight excluding hydrogens is 328 g/mol. The van der Waals surface area contributed by atoms with E-state index in [-0.39, 0.29) is 18.0 Å². The molecule has 1 aliphatic rings. The fourth-order valence-corrected chi connectivity index (χ4v) is 2.99. The van der Waals surface area contributed by atoms with E-state index < -0.39 is 17.5 Å². The Morgan fingerprint density at radius 1 is 1.24 bits per heavy atom. The van der Waals surface area contributed by atoms with E-state index in [2.05, 4.69) is 22.5 Å². The van der Waals surface area contributed by atoms with E-state index in [4.69, 9.17) is 0 Å². The number of hydrogen-bond donors (Lipinski definition) is 2. The van der Waals surface area contributed by atoms with Gasteiger partial charge in [0.1, 0.15) is 11.6 Å². The molecule has 1 saturated heterocycles. The van der Waals surface area contributed by atoms with E-state index in [1.165, 1.54) is 19.3 Å². The van der Waals surface area contributed by atoms with Gasteiger partial charge >= 0.3 is 0 Å². The number of carbonyl (C=O) groups excluding carboxylic acids is 2. The minimum atomic E-state index is -0.950. The molecule has 0 radical (unpaired) electrons. The zero-order valence-corrected chi connectivity index (χ0v) is 14.5. The molecule has 138 valence electrons. The molecule has 1 aliphatic heterocycles. The summed E-state index contributed by atoms with van der Waals surface area (Å²) in [4.78, 5) is 26.0. The number of hydrogen-bond acceptors (Lipinski definition) is 3. The summed E-state index contributed by atoms with van der Waals surface area (Å²) in [7, 11) is 0. The Hall–Kier alpha value is -2.02. The maximum absolute atomic E-state index is 13.5. The second-order valence-electron chi connectivity index (χ2n) is 6.39. The van der Waals surface area contributed by atoms with Crippen molar-refractivity contribution in [2.45, 2.75) is 38.6 Å². The molecule has 0 saturated carbocycles. The molecule has 1 unspecified atom stereocenters. The van der Waals surface area contributed by atoms with Gasteiger partial charge in [-0.3, -0.25) is 9.59 Å². The lowest BCUT2D eigenvalue weighted by Gasteiger charge is -2.33. The minimum absolute atomic E-state index is 0.240. The maximum Gasteiger partial charge on any atom is 0.254 e. The van der Waals surface area contributed by atoms with Gasteiger partial charge in [-0.25, -0.2) is 8.78 Å². The van der Waals surface area contributed by atoms with Crippen LogP contribution in [0, 0.1) is 11.6 Å². The molecule has 1 aromatic carbocycles. The third kappa shape index (κ3) is 6.08. The number of carbonyl (C=O) groups is 2. The Balaban J connectivity index is 1.64. The topological polar surface area (TPSA) is 61.4 Å². The molecule has 1 fully saturated rings. The van der Waals surface area contributed by atoms with Crippen molar-refractivity contribution in [3.05, 3.63) is 35.4 Å². The van der Waals surface area contributed by atoms with Crippen molar-refractivity contribution in [1.29, 1.82) is 0 Å². The van der Waals surface area contributed by atoms with E-state index in [0.717, 1.165) is 31.6 Å². The number of nitrogens with one attached hydrogen (secondary N) is 2. The van der Waals surface area contributed by atoms with Crippen molar-refractivity contribution in [3.8, 4) is 0 Å². The average molecular weight is 353 g/mol. The van der Waals surface area contributed by atoms with Crippen molar-refractivity contribution in [2.75, 3.05) is 26.2 Å². The largest absolute Gasteiger partial charge is 0.355 e. The fraction of sp³-hybridized carbons (Fsp3) is 0.556. The van der Waals surface area contributed by atoms with Crippen molar-refractivity contribution in [1.82, 2.24) is 15.5 Å². The molecule has 7 heteroatoms. The zero-order chi connectivity index (χ0) is 18.2. The van der Waals surface area contributed by atoms with Crippen molar-refractivity contribution in [3.63, 3.8) is 0 Å². The fourth-order valence-electron chi connectivity index (χ4n) is 2.99. The van der Waals surface area contributed by atoms with Gasteiger partial charge in [0.15, 0.2) is 0 Å². The lowest BCUT2D eigenvalue weighted by molar-refractivity contribution is -0.120. The maximum atomic E-state index is 13.5. The standard InChI is InChI=1S/C18H25F2N3O2/c1-13-5-2-3-9-23(13)10-4-8-21-17(24)12-22-18(25)15-7-6-14(19)11-16(15)20/h6-7,11,13H,2-5,8-10,12H2,1H3,(H,21,24)(H,22,25). The molecule has 5 nitrogen and oxygen atoms in total. The van der Waals surface area contributed by atoms with E-state index in [1.807, 2.05) is 0 Å². The highest BCUT2D eigenvalue weighted by molar-refractivity contribution is 5.96. The molecule has 2 amide bonds. The quantitative estimate of drug-likeness (QED) is 0.738. The Morgan fingerprint density at radius 3 is 2.76 bits per heavy atom. The number of amides is 2. The molecular formula is C18H25F2N3O2. The highest BCUT2D eigenvalue weighted by atomic mass is 19.1. The van der Waals surface area contributed by atoms with Crippen LogP contribution in [-0.2, 0) is 4.79 Å². The molecule has 1 heterocycles. The van der Waals surface area contributed by atoms with Crippen LogP contribution in [-0.4, -0.2) is 48.9 Å². The molecule has 0 aliphatic carbocycles. The van der Waals surface area contributed by atoms with Crippen molar-refractivity contribution < 1.29 is 18.4 Å². The van der Waals surface area contributed by atoms with Crippen molar-refractivity contribution in [2.24, 2.45) is 0 Å². The Kier molecular flexibility index (Phi) is 7.31. The smallest absolute Gasteiger partial charge is 0.254 e. The van der Waals surface area contributed by atoms with Crippen LogP contribution in [0.4, 0.5) is 8.78 Å². The predicted octanol–water partition coefficient (Wildman–Crippen LogP) is 2.08. The predicted molar refractivity (Wildman–Crippen MR) is 91.2 cm³/mol. The summed E-state index contributed by atoms with van der Waals surface area (Å²) in [5.74, 6) is -2.78. The van der Waals surface area contributed by atoms with Gasteiger partial charge in [0.2, 0.25) is 5.91 Å². The summed E-state index contributed by atoms with van der Waals surface area (Å²) in [6.07, 6.45) is 4.57. The summed E-state index contributed by atoms with van der Waals surface area (Å²) < 4.78 is 26.3. The second-order valence-corrected chi connectivity index (χ2v) is 6.39. The number of nitrogens with zero attached hydrogens (tertiary/aromatic N) is 1. The first kappa shape index (κ1) is 19.3. The van der Waals surface area contributed by atoms with Gasteiger partial charge < -0.3 is 15.5 Å². The van der Waals surface area contributed by atoms with Gasteiger partial charge in [0, 0.05) is 25.2 Å². The third-order valence-corrected chi connectivity index (χ3v) is 4.47. The molecule has 25 heavy (non-hydrogen) atoms. The normalized spacial score (nSPS) is 18.0. The zero-order valence-electron chi connectivity index (χ0n) is 14.5. The van der Waals surface area contributed by atoms with Crippen LogP contribution in [0.3, 0.4) is 0 Å². The summed E-state index contributed by atoms with van der Waals surface area (Å²) in [6, 6.07) is 3.28. The monoisotopic (exact) mass is 353 g/mol. The van der Waals surface area contributed by atoms with E-state index >= 15 is 0 Å². The van der Waals surface area contributed by atoms with Crippen LogP contribution < -0.4 is 10.6 Å². The van der Waals surface area contributed by atoms with Gasteiger partial charge in [-0.1, -0.05) is 6.42 Å². The summed E-state index contributed by atoms with van der Waals surface area (Å²) in [6.45, 7) is 4.56. The van der Waals surface area contributed by atoms with Gasteiger partial charge in [-0.2, -0.15) is 0 Å². The van der Waals surface area contributed by atoms with Crippen LogP contribution in [0.15, 0.2) is 18.2 Å². The van der Waals surface area contributed by atoms with Crippen LogP contribution in [0.25, 0.3) is 0 Å². The first-order valence-electron chi connectivity index (χ1n) is 8.71. The van der Waals surface area contributed by atoms with Gasteiger partial charge in [-0.05, 0) is 44.9 Å². The first-order valence-corrected chi connectivity index (χ1v) is 8.71. The molecule has 2 rings (SSSR count). The highest BCUT2D eigenvalue weighted by Gasteiger charge is 2.17. The average Bonchev–Trinajstić information content (AvgIpc) is 2.58. The second kappa shape index (κ2) is 9.46.